The molecule has 0 aromatic carbocycles. The van der Waals surface area contributed by atoms with Gasteiger partial charge in [-0.3, -0.25) is 0 Å². The van der Waals surface area contributed by atoms with Gasteiger partial charge in [-0.05, 0) is 6.08 Å². The van der Waals surface area contributed by atoms with Crippen molar-refractivity contribution < 1.29 is 14.3 Å². The lowest BCUT2D eigenvalue weighted by Crippen LogP contribution is -2.36. The first-order valence-corrected chi connectivity index (χ1v) is 4.51. The second-order valence-electron chi connectivity index (χ2n) is 3.44. The zero-order valence-electron chi connectivity index (χ0n) is 8.27. The standard InChI is InChI=1S/C10H16O3/c1-7-4-5-9(12-3)13-10(7)8(2)6-11/h4-10H,1-3H3/t7-,8+,9?,10-/m0/s1. The van der Waals surface area contributed by atoms with Crippen LogP contribution in [0.3, 0.4) is 0 Å². The van der Waals surface area contributed by atoms with E-state index in [-0.39, 0.29) is 24.2 Å². The highest BCUT2D eigenvalue weighted by Gasteiger charge is 2.28. The number of hydrogen-bond donors (Lipinski definition) is 0. The number of hydrogen-bond acceptors (Lipinski definition) is 3. The Morgan fingerprint density at radius 1 is 1.54 bits per heavy atom. The van der Waals surface area contributed by atoms with E-state index in [9.17, 15) is 4.79 Å². The van der Waals surface area contributed by atoms with E-state index in [1.165, 1.54) is 0 Å². The molecule has 3 nitrogen and oxygen atoms in total. The fourth-order valence-electron chi connectivity index (χ4n) is 1.51. The topological polar surface area (TPSA) is 35.5 Å². The highest BCUT2D eigenvalue weighted by Crippen LogP contribution is 2.23. The van der Waals surface area contributed by atoms with Crippen molar-refractivity contribution in [2.75, 3.05) is 7.11 Å². The monoisotopic (exact) mass is 184 g/mol. The molecule has 1 aliphatic rings. The van der Waals surface area contributed by atoms with Gasteiger partial charge in [-0.1, -0.05) is 19.9 Å². The van der Waals surface area contributed by atoms with Crippen molar-refractivity contribution in [3.05, 3.63) is 12.2 Å². The molecular weight excluding hydrogens is 168 g/mol. The van der Waals surface area contributed by atoms with Crippen molar-refractivity contribution >= 4 is 6.29 Å². The summed E-state index contributed by atoms with van der Waals surface area (Å²) in [6, 6.07) is 0. The SMILES string of the molecule is COC1C=C[C@H](C)[C@@H]([C@H](C)C=O)O1. The Hall–Kier alpha value is -0.670. The van der Waals surface area contributed by atoms with Crippen LogP contribution in [0.4, 0.5) is 0 Å². The van der Waals surface area contributed by atoms with E-state index in [4.69, 9.17) is 9.47 Å². The van der Waals surface area contributed by atoms with Gasteiger partial charge in [0.1, 0.15) is 6.29 Å². The predicted octanol–water partition coefficient (Wildman–Crippen LogP) is 1.39. The first kappa shape index (κ1) is 10.4. The molecule has 0 spiro atoms. The molecule has 0 aliphatic carbocycles. The van der Waals surface area contributed by atoms with Crippen LogP contribution in [0.5, 0.6) is 0 Å². The molecule has 4 atom stereocenters. The van der Waals surface area contributed by atoms with Gasteiger partial charge in [0.2, 0.25) is 0 Å². The van der Waals surface area contributed by atoms with Crippen molar-refractivity contribution in [3.8, 4) is 0 Å². The lowest BCUT2D eigenvalue weighted by atomic mass is 9.92. The van der Waals surface area contributed by atoms with Gasteiger partial charge in [0.05, 0.1) is 6.10 Å². The van der Waals surface area contributed by atoms with E-state index in [0.29, 0.717) is 0 Å². The van der Waals surface area contributed by atoms with Gasteiger partial charge < -0.3 is 14.3 Å². The Labute approximate surface area is 78.7 Å². The van der Waals surface area contributed by atoms with Crippen LogP contribution >= 0.6 is 0 Å². The average molecular weight is 184 g/mol. The van der Waals surface area contributed by atoms with E-state index >= 15 is 0 Å². The molecule has 1 rings (SSSR count). The number of ether oxygens (including phenoxy) is 2. The molecule has 0 amide bonds. The summed E-state index contributed by atoms with van der Waals surface area (Å²) in [6.45, 7) is 3.90. The fourth-order valence-corrected chi connectivity index (χ4v) is 1.51. The third-order valence-corrected chi connectivity index (χ3v) is 2.35. The molecule has 74 valence electrons. The third kappa shape index (κ3) is 2.39. The highest BCUT2D eigenvalue weighted by atomic mass is 16.7. The van der Waals surface area contributed by atoms with E-state index in [1.54, 1.807) is 7.11 Å². The zero-order chi connectivity index (χ0) is 9.84. The van der Waals surface area contributed by atoms with Crippen LogP contribution in [0.1, 0.15) is 13.8 Å². The second kappa shape index (κ2) is 4.53. The molecule has 0 bridgehead atoms. The minimum absolute atomic E-state index is 0.0625. The molecule has 0 aromatic heterocycles. The smallest absolute Gasteiger partial charge is 0.176 e. The molecule has 0 radical (unpaired) electrons. The van der Waals surface area contributed by atoms with Crippen LogP contribution in [-0.2, 0) is 14.3 Å². The Morgan fingerprint density at radius 3 is 2.77 bits per heavy atom. The van der Waals surface area contributed by atoms with E-state index in [0.717, 1.165) is 6.29 Å². The van der Waals surface area contributed by atoms with E-state index < -0.39 is 0 Å². The number of carbonyl (C=O) groups excluding carboxylic acids is 1. The van der Waals surface area contributed by atoms with Gasteiger partial charge in [-0.15, -0.1) is 0 Å². The Bertz CT molecular complexity index is 200. The second-order valence-corrected chi connectivity index (χ2v) is 3.44. The summed E-state index contributed by atoms with van der Waals surface area (Å²) in [5, 5.41) is 0. The van der Waals surface area contributed by atoms with E-state index in [1.807, 2.05) is 26.0 Å². The molecule has 13 heavy (non-hydrogen) atoms. The molecule has 1 heterocycles. The molecule has 0 saturated heterocycles. The summed E-state index contributed by atoms with van der Waals surface area (Å²) in [5.41, 5.74) is 0. The molecule has 0 saturated carbocycles. The lowest BCUT2D eigenvalue weighted by Gasteiger charge is -2.31. The zero-order valence-corrected chi connectivity index (χ0v) is 8.27. The van der Waals surface area contributed by atoms with Crippen molar-refractivity contribution in [1.29, 1.82) is 0 Å². The van der Waals surface area contributed by atoms with Crippen LogP contribution in [0.25, 0.3) is 0 Å². The summed E-state index contributed by atoms with van der Waals surface area (Å²) in [4.78, 5) is 10.6. The Kier molecular flexibility index (Phi) is 3.63. The van der Waals surface area contributed by atoms with Gasteiger partial charge in [-0.25, -0.2) is 0 Å². The minimum atomic E-state index is -0.302. The predicted molar refractivity (Wildman–Crippen MR) is 49.2 cm³/mol. The molecule has 3 heteroatoms. The summed E-state index contributed by atoms with van der Waals surface area (Å²) in [6.07, 6.45) is 4.46. The van der Waals surface area contributed by atoms with Crippen LogP contribution in [-0.4, -0.2) is 25.8 Å². The number of carbonyl (C=O) groups is 1. The van der Waals surface area contributed by atoms with Crippen molar-refractivity contribution in [2.45, 2.75) is 26.2 Å². The first-order chi connectivity index (χ1) is 6.19. The molecule has 0 fully saturated rings. The van der Waals surface area contributed by atoms with E-state index in [2.05, 4.69) is 0 Å². The summed E-state index contributed by atoms with van der Waals surface area (Å²) in [5.74, 6) is 0.184. The van der Waals surface area contributed by atoms with Gasteiger partial charge in [0.25, 0.3) is 0 Å². The molecule has 0 aromatic rings. The van der Waals surface area contributed by atoms with Crippen molar-refractivity contribution in [2.24, 2.45) is 11.8 Å². The molecule has 1 unspecified atom stereocenters. The van der Waals surface area contributed by atoms with Crippen molar-refractivity contribution in [3.63, 3.8) is 0 Å². The van der Waals surface area contributed by atoms with Crippen LogP contribution < -0.4 is 0 Å². The maximum Gasteiger partial charge on any atom is 0.176 e. The normalized spacial score (nSPS) is 35.8. The van der Waals surface area contributed by atoms with Gasteiger partial charge in [-0.2, -0.15) is 0 Å². The number of aldehydes is 1. The van der Waals surface area contributed by atoms with Gasteiger partial charge in [0, 0.05) is 18.9 Å². The van der Waals surface area contributed by atoms with Gasteiger partial charge in [0.15, 0.2) is 6.29 Å². The first-order valence-electron chi connectivity index (χ1n) is 4.51. The molecule has 0 N–H and O–H groups in total. The number of methoxy groups -OCH3 is 1. The van der Waals surface area contributed by atoms with Crippen LogP contribution in [0, 0.1) is 11.8 Å². The number of rotatable bonds is 3. The quantitative estimate of drug-likeness (QED) is 0.491. The molecular formula is C10H16O3. The highest BCUT2D eigenvalue weighted by molar-refractivity contribution is 5.54. The van der Waals surface area contributed by atoms with Crippen molar-refractivity contribution in [1.82, 2.24) is 0 Å². The van der Waals surface area contributed by atoms with Gasteiger partial charge >= 0.3 is 0 Å². The summed E-state index contributed by atoms with van der Waals surface area (Å²) >= 11 is 0. The third-order valence-electron chi connectivity index (χ3n) is 2.35. The Balaban J connectivity index is 2.64. The average Bonchev–Trinajstić information content (AvgIpc) is 2.17. The summed E-state index contributed by atoms with van der Waals surface area (Å²) in [7, 11) is 1.59. The minimum Gasteiger partial charge on any atom is -0.352 e. The largest absolute Gasteiger partial charge is 0.352 e. The summed E-state index contributed by atoms with van der Waals surface area (Å²) < 4.78 is 10.6. The lowest BCUT2D eigenvalue weighted by molar-refractivity contribution is -0.159. The fraction of sp³-hybridized carbons (Fsp3) is 0.700. The maximum absolute atomic E-state index is 10.6. The Morgan fingerprint density at radius 2 is 2.23 bits per heavy atom. The van der Waals surface area contributed by atoms with Crippen LogP contribution in [0.15, 0.2) is 12.2 Å². The maximum atomic E-state index is 10.6. The molecule has 1 aliphatic heterocycles. The van der Waals surface area contributed by atoms with Crippen LogP contribution in [0.2, 0.25) is 0 Å².